The second-order valence-corrected chi connectivity index (χ2v) is 6.35. The van der Waals surface area contributed by atoms with Crippen molar-refractivity contribution < 1.29 is 9.18 Å². The molecular weight excluding hydrogens is 329 g/mol. The molecule has 1 aliphatic heterocycles. The summed E-state index contributed by atoms with van der Waals surface area (Å²) in [7, 11) is 0. The summed E-state index contributed by atoms with van der Waals surface area (Å²) in [5, 5.41) is 2.86. The Morgan fingerprint density at radius 3 is 2.58 bits per heavy atom. The zero-order valence-corrected chi connectivity index (χ0v) is 13.7. The summed E-state index contributed by atoms with van der Waals surface area (Å²) in [5.41, 5.74) is 6.31. The fraction of sp³-hybridized carbons (Fsp3) is 0.0476. The van der Waals surface area contributed by atoms with E-state index in [0.29, 0.717) is 12.1 Å². The number of carbonyl (C=O) groups excluding carboxylic acids is 1. The number of benzene rings is 2. The standard InChI is InChI=1S/C21H14FN3O/c22-16-4-1-13(2-5-16)18-10-19-15(11-24-21(19)26)9-17(18)14-3-6-20-23-7-8-25(20)12-14/h1-10,12H,11H2,(H,24,26). The molecule has 3 heterocycles. The number of nitrogens with one attached hydrogen (secondary N) is 1. The van der Waals surface area contributed by atoms with Crippen LogP contribution in [0.25, 0.3) is 27.9 Å². The molecule has 26 heavy (non-hydrogen) atoms. The van der Waals surface area contributed by atoms with Gasteiger partial charge in [-0.25, -0.2) is 9.37 Å². The van der Waals surface area contributed by atoms with Gasteiger partial charge < -0.3 is 9.72 Å². The Morgan fingerprint density at radius 1 is 0.962 bits per heavy atom. The Balaban J connectivity index is 1.77. The fourth-order valence-corrected chi connectivity index (χ4v) is 3.46. The Labute approximate surface area is 148 Å². The van der Waals surface area contributed by atoms with E-state index in [0.717, 1.165) is 33.5 Å². The number of rotatable bonds is 2. The monoisotopic (exact) mass is 343 g/mol. The second kappa shape index (κ2) is 5.52. The molecule has 0 spiro atoms. The number of fused-ring (bicyclic) bond motifs is 2. The van der Waals surface area contributed by atoms with Gasteiger partial charge in [0.25, 0.3) is 5.91 Å². The number of hydrogen-bond acceptors (Lipinski definition) is 2. The SMILES string of the molecule is O=C1NCc2cc(-c3ccc4nccn4c3)c(-c3ccc(F)cc3)cc21. The lowest BCUT2D eigenvalue weighted by atomic mass is 9.91. The van der Waals surface area contributed by atoms with E-state index in [1.54, 1.807) is 18.3 Å². The normalized spacial score (nSPS) is 13.0. The molecule has 0 saturated carbocycles. The van der Waals surface area contributed by atoms with Gasteiger partial charge in [0, 0.05) is 30.7 Å². The molecule has 0 unspecified atom stereocenters. The summed E-state index contributed by atoms with van der Waals surface area (Å²) in [5.74, 6) is -0.353. The van der Waals surface area contributed by atoms with Crippen molar-refractivity contribution in [2.75, 3.05) is 0 Å². The van der Waals surface area contributed by atoms with Crippen molar-refractivity contribution in [1.82, 2.24) is 14.7 Å². The van der Waals surface area contributed by atoms with E-state index < -0.39 is 0 Å². The minimum absolute atomic E-state index is 0.0695. The van der Waals surface area contributed by atoms with Crippen LogP contribution in [0.15, 0.2) is 67.1 Å². The zero-order chi connectivity index (χ0) is 17.7. The zero-order valence-electron chi connectivity index (χ0n) is 13.7. The molecule has 0 radical (unpaired) electrons. The summed E-state index contributed by atoms with van der Waals surface area (Å²) in [6, 6.07) is 14.3. The highest BCUT2D eigenvalue weighted by Gasteiger charge is 2.22. The molecule has 0 aliphatic carbocycles. The molecule has 0 saturated heterocycles. The number of halogens is 1. The van der Waals surface area contributed by atoms with Crippen molar-refractivity contribution in [2.24, 2.45) is 0 Å². The first-order chi connectivity index (χ1) is 12.7. The average molecular weight is 343 g/mol. The third-order valence-electron chi connectivity index (χ3n) is 4.78. The average Bonchev–Trinajstić information content (AvgIpc) is 3.27. The molecule has 0 atom stereocenters. The fourth-order valence-electron chi connectivity index (χ4n) is 3.46. The summed E-state index contributed by atoms with van der Waals surface area (Å²) in [6.45, 7) is 0.526. The van der Waals surface area contributed by atoms with Crippen LogP contribution in [-0.4, -0.2) is 15.3 Å². The van der Waals surface area contributed by atoms with E-state index >= 15 is 0 Å². The van der Waals surface area contributed by atoms with Crippen LogP contribution in [0, 0.1) is 5.82 Å². The van der Waals surface area contributed by atoms with Gasteiger partial charge in [-0.1, -0.05) is 12.1 Å². The Kier molecular flexibility index (Phi) is 3.15. The number of aromatic nitrogens is 2. The van der Waals surface area contributed by atoms with Crippen LogP contribution in [-0.2, 0) is 6.54 Å². The van der Waals surface area contributed by atoms with E-state index in [4.69, 9.17) is 0 Å². The van der Waals surface area contributed by atoms with E-state index in [1.807, 2.05) is 41.1 Å². The number of amides is 1. The van der Waals surface area contributed by atoms with Gasteiger partial charge in [-0.3, -0.25) is 4.79 Å². The highest BCUT2D eigenvalue weighted by molar-refractivity contribution is 6.01. The van der Waals surface area contributed by atoms with Gasteiger partial charge >= 0.3 is 0 Å². The van der Waals surface area contributed by atoms with Crippen LogP contribution in [0.4, 0.5) is 4.39 Å². The van der Waals surface area contributed by atoms with Crippen LogP contribution in [0.1, 0.15) is 15.9 Å². The third kappa shape index (κ3) is 2.29. The molecule has 126 valence electrons. The quantitative estimate of drug-likeness (QED) is 0.597. The van der Waals surface area contributed by atoms with Gasteiger partial charge in [-0.05, 0) is 64.2 Å². The van der Waals surface area contributed by atoms with Crippen LogP contribution in [0.3, 0.4) is 0 Å². The largest absolute Gasteiger partial charge is 0.348 e. The summed E-state index contributed by atoms with van der Waals surface area (Å²) in [4.78, 5) is 16.4. The number of pyridine rings is 1. The highest BCUT2D eigenvalue weighted by Crippen LogP contribution is 2.36. The summed E-state index contributed by atoms with van der Waals surface area (Å²) >= 11 is 0. The third-order valence-corrected chi connectivity index (χ3v) is 4.78. The van der Waals surface area contributed by atoms with E-state index in [9.17, 15) is 9.18 Å². The van der Waals surface area contributed by atoms with Crippen LogP contribution < -0.4 is 5.32 Å². The van der Waals surface area contributed by atoms with Crippen molar-refractivity contribution >= 4 is 11.6 Å². The molecule has 2 aromatic heterocycles. The molecule has 5 rings (SSSR count). The Hall–Kier alpha value is -3.47. The first kappa shape index (κ1) is 14.8. The maximum atomic E-state index is 13.4. The molecule has 5 heteroatoms. The number of nitrogens with zero attached hydrogens (tertiary/aromatic N) is 2. The van der Waals surface area contributed by atoms with Crippen molar-refractivity contribution in [3.05, 3.63) is 84.1 Å². The maximum absolute atomic E-state index is 13.4. The van der Waals surface area contributed by atoms with E-state index in [1.165, 1.54) is 12.1 Å². The number of imidazole rings is 1. The lowest BCUT2D eigenvalue weighted by Gasteiger charge is -2.13. The lowest BCUT2D eigenvalue weighted by molar-refractivity contribution is 0.0966. The maximum Gasteiger partial charge on any atom is 0.251 e. The second-order valence-electron chi connectivity index (χ2n) is 6.35. The van der Waals surface area contributed by atoms with Gasteiger partial charge in [-0.2, -0.15) is 0 Å². The first-order valence-corrected chi connectivity index (χ1v) is 8.33. The molecule has 2 aromatic carbocycles. The van der Waals surface area contributed by atoms with Gasteiger partial charge in [0.15, 0.2) is 0 Å². The lowest BCUT2D eigenvalue weighted by Crippen LogP contribution is -2.12. The van der Waals surface area contributed by atoms with Crippen molar-refractivity contribution in [1.29, 1.82) is 0 Å². The smallest absolute Gasteiger partial charge is 0.251 e. The van der Waals surface area contributed by atoms with Gasteiger partial charge in [0.05, 0.1) is 0 Å². The molecule has 0 bridgehead atoms. The molecule has 1 N–H and O–H groups in total. The van der Waals surface area contributed by atoms with E-state index in [-0.39, 0.29) is 11.7 Å². The van der Waals surface area contributed by atoms with Gasteiger partial charge in [0.1, 0.15) is 11.5 Å². The molecule has 4 nitrogen and oxygen atoms in total. The van der Waals surface area contributed by atoms with Gasteiger partial charge in [-0.15, -0.1) is 0 Å². The Bertz CT molecular complexity index is 1160. The predicted octanol–water partition coefficient (Wildman–Crippen LogP) is 4.05. The number of carbonyl (C=O) groups is 1. The predicted molar refractivity (Wildman–Crippen MR) is 97.2 cm³/mol. The minimum atomic E-state index is -0.283. The molecule has 4 aromatic rings. The van der Waals surface area contributed by atoms with Crippen molar-refractivity contribution in [3.63, 3.8) is 0 Å². The number of hydrogen-bond donors (Lipinski definition) is 1. The summed E-state index contributed by atoms with van der Waals surface area (Å²) < 4.78 is 15.3. The Morgan fingerprint density at radius 2 is 1.73 bits per heavy atom. The topological polar surface area (TPSA) is 46.4 Å². The molecule has 0 fully saturated rings. The summed E-state index contributed by atoms with van der Waals surface area (Å²) in [6.07, 6.45) is 5.67. The first-order valence-electron chi connectivity index (χ1n) is 8.33. The van der Waals surface area contributed by atoms with Crippen molar-refractivity contribution in [3.8, 4) is 22.3 Å². The minimum Gasteiger partial charge on any atom is -0.348 e. The molecular formula is C21H14FN3O. The van der Waals surface area contributed by atoms with E-state index in [2.05, 4.69) is 10.3 Å². The highest BCUT2D eigenvalue weighted by atomic mass is 19.1. The molecule has 1 amide bonds. The van der Waals surface area contributed by atoms with Gasteiger partial charge in [0.2, 0.25) is 0 Å². The van der Waals surface area contributed by atoms with Crippen LogP contribution in [0.5, 0.6) is 0 Å². The van der Waals surface area contributed by atoms with Crippen molar-refractivity contribution in [2.45, 2.75) is 6.54 Å². The van der Waals surface area contributed by atoms with Crippen LogP contribution >= 0.6 is 0 Å². The molecule has 1 aliphatic rings. The van der Waals surface area contributed by atoms with Crippen LogP contribution in [0.2, 0.25) is 0 Å².